The van der Waals surface area contributed by atoms with Gasteiger partial charge < -0.3 is 10.6 Å². The zero-order valence-electron chi connectivity index (χ0n) is 13.5. The van der Waals surface area contributed by atoms with Crippen molar-refractivity contribution in [2.45, 2.75) is 44.2 Å². The number of nitrogens with two attached hydrogens (primary N) is 1. The number of nitrogens with zero attached hydrogens (tertiary/aromatic N) is 1. The molecule has 3 rings (SSSR count). The fourth-order valence-corrected chi connectivity index (χ4v) is 5.53. The van der Waals surface area contributed by atoms with Gasteiger partial charge in [0.15, 0.2) is 0 Å². The van der Waals surface area contributed by atoms with E-state index in [2.05, 4.69) is 21.8 Å². The number of anilines is 1. The van der Waals surface area contributed by atoms with Crippen molar-refractivity contribution in [2.24, 2.45) is 11.7 Å². The van der Waals surface area contributed by atoms with Gasteiger partial charge >= 0.3 is 0 Å². The van der Waals surface area contributed by atoms with Gasteiger partial charge in [-0.25, -0.2) is 13.1 Å². The molecule has 1 aromatic carbocycles. The summed E-state index contributed by atoms with van der Waals surface area (Å²) in [5, 5.41) is 0. The van der Waals surface area contributed by atoms with Crippen LogP contribution in [0.2, 0.25) is 0 Å². The third-order valence-electron chi connectivity index (χ3n) is 5.00. The first-order valence-electron chi connectivity index (χ1n) is 8.57. The molecule has 2 atom stereocenters. The smallest absolute Gasteiger partial charge is 0.212 e. The molecule has 3 N–H and O–H groups in total. The number of hydrogen-bond acceptors (Lipinski definition) is 4. The second-order valence-electron chi connectivity index (χ2n) is 6.94. The predicted molar refractivity (Wildman–Crippen MR) is 93.9 cm³/mol. The Morgan fingerprint density at radius 2 is 1.78 bits per heavy atom. The zero-order valence-corrected chi connectivity index (χ0v) is 14.3. The van der Waals surface area contributed by atoms with Crippen LogP contribution in [-0.4, -0.2) is 39.3 Å². The summed E-state index contributed by atoms with van der Waals surface area (Å²) in [5.74, 6) is 0.464. The quantitative estimate of drug-likeness (QED) is 0.857. The highest BCUT2D eigenvalue weighted by Crippen LogP contribution is 2.26. The molecule has 0 bridgehead atoms. The van der Waals surface area contributed by atoms with Crippen molar-refractivity contribution in [3.05, 3.63) is 30.3 Å². The van der Waals surface area contributed by atoms with Gasteiger partial charge in [-0.1, -0.05) is 18.2 Å². The van der Waals surface area contributed by atoms with Crippen LogP contribution in [0.5, 0.6) is 0 Å². The molecular formula is C17H27N3O2S. The van der Waals surface area contributed by atoms with E-state index in [-0.39, 0.29) is 23.8 Å². The Morgan fingerprint density at radius 3 is 2.39 bits per heavy atom. The molecule has 0 spiro atoms. The molecule has 1 aliphatic carbocycles. The summed E-state index contributed by atoms with van der Waals surface area (Å²) in [4.78, 5) is 2.32. The Morgan fingerprint density at radius 1 is 1.09 bits per heavy atom. The first kappa shape index (κ1) is 16.7. The average Bonchev–Trinajstić information content (AvgIpc) is 2.92. The van der Waals surface area contributed by atoms with Crippen LogP contribution in [0.3, 0.4) is 0 Å². The number of rotatable bonds is 5. The molecule has 128 valence electrons. The summed E-state index contributed by atoms with van der Waals surface area (Å²) in [7, 11) is -3.19. The van der Waals surface area contributed by atoms with Crippen molar-refractivity contribution < 1.29 is 8.42 Å². The van der Waals surface area contributed by atoms with Gasteiger partial charge in [0.1, 0.15) is 0 Å². The lowest BCUT2D eigenvalue weighted by Crippen LogP contribution is -2.45. The highest BCUT2D eigenvalue weighted by Gasteiger charge is 2.29. The maximum Gasteiger partial charge on any atom is 0.212 e. The minimum Gasteiger partial charge on any atom is -0.371 e. The lowest BCUT2D eigenvalue weighted by Gasteiger charge is -2.34. The fraction of sp³-hybridized carbons (Fsp3) is 0.647. The van der Waals surface area contributed by atoms with E-state index >= 15 is 0 Å². The van der Waals surface area contributed by atoms with E-state index in [0.29, 0.717) is 0 Å². The van der Waals surface area contributed by atoms with Crippen molar-refractivity contribution in [2.75, 3.05) is 23.7 Å². The first-order chi connectivity index (χ1) is 11.0. The summed E-state index contributed by atoms with van der Waals surface area (Å²) < 4.78 is 27.6. The van der Waals surface area contributed by atoms with Crippen LogP contribution in [0.15, 0.2) is 30.3 Å². The maximum atomic E-state index is 12.3. The van der Waals surface area contributed by atoms with Gasteiger partial charge in [0.25, 0.3) is 0 Å². The van der Waals surface area contributed by atoms with Gasteiger partial charge in [-0.05, 0) is 50.2 Å². The van der Waals surface area contributed by atoms with Crippen LogP contribution >= 0.6 is 0 Å². The average molecular weight is 337 g/mol. The Kier molecular flexibility index (Phi) is 5.24. The molecule has 0 aromatic heterocycles. The topological polar surface area (TPSA) is 75.4 Å². The molecule has 1 aromatic rings. The summed E-state index contributed by atoms with van der Waals surface area (Å²) >= 11 is 0. The second-order valence-corrected chi connectivity index (χ2v) is 8.73. The zero-order chi connectivity index (χ0) is 16.3. The number of sulfonamides is 1. The third kappa shape index (κ3) is 4.68. The van der Waals surface area contributed by atoms with Gasteiger partial charge in [-0.2, -0.15) is 0 Å². The van der Waals surface area contributed by atoms with Crippen molar-refractivity contribution in [3.8, 4) is 0 Å². The number of para-hydroxylation sites is 1. The molecular weight excluding hydrogens is 310 g/mol. The van der Waals surface area contributed by atoms with Gasteiger partial charge in [0.05, 0.1) is 5.75 Å². The standard InChI is InChI=1S/C17H27N3O2S/c18-15-7-6-14(12-15)13-23(21,22)19-16-8-10-20(11-9-16)17-4-2-1-3-5-17/h1-5,14-16,19H,6-13,18H2/t14-,15+/m0/s1. The Balaban J connectivity index is 1.48. The van der Waals surface area contributed by atoms with Crippen LogP contribution in [0.4, 0.5) is 5.69 Å². The first-order valence-corrected chi connectivity index (χ1v) is 10.2. The largest absolute Gasteiger partial charge is 0.371 e. The van der Waals surface area contributed by atoms with Gasteiger partial charge in [0.2, 0.25) is 10.0 Å². The molecule has 1 saturated heterocycles. The monoisotopic (exact) mass is 337 g/mol. The van der Waals surface area contributed by atoms with Gasteiger partial charge in [-0.3, -0.25) is 0 Å². The lowest BCUT2D eigenvalue weighted by atomic mass is 10.1. The van der Waals surface area contributed by atoms with Crippen molar-refractivity contribution in [1.82, 2.24) is 4.72 Å². The Bertz CT molecular complexity index is 598. The van der Waals surface area contributed by atoms with Crippen molar-refractivity contribution >= 4 is 15.7 Å². The van der Waals surface area contributed by atoms with E-state index in [9.17, 15) is 8.42 Å². The molecule has 2 fully saturated rings. The molecule has 6 heteroatoms. The van der Waals surface area contributed by atoms with E-state index in [1.54, 1.807) is 0 Å². The third-order valence-corrected chi connectivity index (χ3v) is 6.60. The SMILES string of the molecule is N[C@@H]1CC[C@H](CS(=O)(=O)NC2CCN(c3ccccc3)CC2)C1. The summed E-state index contributed by atoms with van der Waals surface area (Å²) in [6.07, 6.45) is 4.45. The number of nitrogens with one attached hydrogen (secondary N) is 1. The highest BCUT2D eigenvalue weighted by molar-refractivity contribution is 7.89. The summed E-state index contributed by atoms with van der Waals surface area (Å²) in [6.45, 7) is 1.79. The predicted octanol–water partition coefficient (Wildman–Crippen LogP) is 1.70. The molecule has 2 aliphatic rings. The highest BCUT2D eigenvalue weighted by atomic mass is 32.2. The number of benzene rings is 1. The fourth-order valence-electron chi connectivity index (χ4n) is 3.77. The van der Waals surface area contributed by atoms with Crippen molar-refractivity contribution in [3.63, 3.8) is 0 Å². The molecule has 23 heavy (non-hydrogen) atoms. The van der Waals surface area contributed by atoms with Crippen LogP contribution in [0.1, 0.15) is 32.1 Å². The van der Waals surface area contributed by atoms with Crippen LogP contribution in [0.25, 0.3) is 0 Å². The Labute approximate surface area is 139 Å². The lowest BCUT2D eigenvalue weighted by molar-refractivity contribution is 0.455. The molecule has 0 radical (unpaired) electrons. The normalized spacial score (nSPS) is 26.6. The molecule has 5 nitrogen and oxygen atoms in total. The van der Waals surface area contributed by atoms with E-state index in [1.165, 1.54) is 5.69 Å². The van der Waals surface area contributed by atoms with Gasteiger partial charge in [-0.15, -0.1) is 0 Å². The van der Waals surface area contributed by atoms with E-state index in [1.807, 2.05) is 18.2 Å². The second kappa shape index (κ2) is 7.20. The minimum absolute atomic E-state index is 0.0649. The minimum atomic E-state index is -3.19. The molecule has 1 heterocycles. The maximum absolute atomic E-state index is 12.3. The van der Waals surface area contributed by atoms with E-state index in [4.69, 9.17) is 5.73 Å². The van der Waals surface area contributed by atoms with Crippen LogP contribution in [-0.2, 0) is 10.0 Å². The molecule has 1 aliphatic heterocycles. The molecule has 1 saturated carbocycles. The number of piperidine rings is 1. The van der Waals surface area contributed by atoms with Crippen molar-refractivity contribution in [1.29, 1.82) is 0 Å². The molecule has 0 amide bonds. The summed E-state index contributed by atoms with van der Waals surface area (Å²) in [5.41, 5.74) is 7.09. The van der Waals surface area contributed by atoms with Crippen LogP contribution in [0, 0.1) is 5.92 Å². The Hall–Kier alpha value is -1.11. The number of hydrogen-bond donors (Lipinski definition) is 2. The van der Waals surface area contributed by atoms with Crippen LogP contribution < -0.4 is 15.4 Å². The molecule has 0 unspecified atom stereocenters. The van der Waals surface area contributed by atoms with E-state index < -0.39 is 10.0 Å². The van der Waals surface area contributed by atoms with Gasteiger partial charge in [0, 0.05) is 30.9 Å². The van der Waals surface area contributed by atoms with E-state index in [0.717, 1.165) is 45.2 Å². The summed E-state index contributed by atoms with van der Waals surface area (Å²) in [6, 6.07) is 10.5.